The molecule has 8 heteroatoms. The van der Waals surface area contributed by atoms with Crippen LogP contribution >= 0.6 is 11.8 Å². The summed E-state index contributed by atoms with van der Waals surface area (Å²) in [5.74, 6) is -0.558. The van der Waals surface area contributed by atoms with E-state index >= 15 is 0 Å². The van der Waals surface area contributed by atoms with Gasteiger partial charge in [0.25, 0.3) is 0 Å². The summed E-state index contributed by atoms with van der Waals surface area (Å²) in [7, 11) is 1.34. The van der Waals surface area contributed by atoms with Crippen LogP contribution in [0.4, 0.5) is 11.4 Å². The Morgan fingerprint density at radius 3 is 1.91 bits per heavy atom. The number of esters is 1. The first-order valence-electron chi connectivity index (χ1n) is 10.3. The van der Waals surface area contributed by atoms with Crippen molar-refractivity contribution < 1.29 is 14.3 Å². The Bertz CT molecular complexity index is 1200. The molecule has 0 bridgehead atoms. The average Bonchev–Trinajstić information content (AvgIpc) is 2.87. The van der Waals surface area contributed by atoms with Gasteiger partial charge in [-0.25, -0.2) is 0 Å². The van der Waals surface area contributed by atoms with Gasteiger partial charge in [0.15, 0.2) is 0 Å². The molecule has 0 aliphatic heterocycles. The van der Waals surface area contributed by atoms with Crippen LogP contribution in [-0.4, -0.2) is 41.3 Å². The van der Waals surface area contributed by atoms with Crippen LogP contribution in [0, 0.1) is 0 Å². The van der Waals surface area contributed by atoms with Crippen molar-refractivity contribution in [3.05, 3.63) is 96.1 Å². The van der Waals surface area contributed by atoms with E-state index in [9.17, 15) is 9.59 Å². The number of rotatable bonds is 7. The molecule has 0 spiro atoms. The van der Waals surface area contributed by atoms with E-state index in [0.29, 0.717) is 16.8 Å². The molecular weight excluding hydrogens is 436 g/mol. The third-order valence-corrected chi connectivity index (χ3v) is 6.11. The highest BCUT2D eigenvalue weighted by Crippen LogP contribution is 2.29. The minimum absolute atomic E-state index is 0.0470. The molecule has 0 radical (unpaired) electrons. The van der Waals surface area contributed by atoms with Crippen molar-refractivity contribution in [1.82, 2.24) is 0 Å². The maximum absolute atomic E-state index is 13.4. The molecule has 166 valence electrons. The van der Waals surface area contributed by atoms with Crippen molar-refractivity contribution in [2.75, 3.05) is 23.7 Å². The first kappa shape index (κ1) is 22.3. The molecule has 0 saturated carbocycles. The minimum atomic E-state index is -0.584. The van der Waals surface area contributed by atoms with Crippen LogP contribution in [0.5, 0.6) is 0 Å². The van der Waals surface area contributed by atoms with E-state index in [1.165, 1.54) is 18.9 Å². The molecular formula is C25H22N4O3S. The molecule has 0 aromatic heterocycles. The van der Waals surface area contributed by atoms with Crippen molar-refractivity contribution >= 4 is 46.3 Å². The molecule has 1 aliphatic rings. The lowest BCUT2D eigenvalue weighted by molar-refractivity contribution is -0.137. The largest absolute Gasteiger partial charge is 0.468 e. The van der Waals surface area contributed by atoms with E-state index in [4.69, 9.17) is 4.74 Å². The van der Waals surface area contributed by atoms with E-state index in [2.05, 4.69) is 21.1 Å². The SMILES string of the molecule is COC(=O)CS[C@H]1/C(=N\Nc2ccccc2)C(=O)c2ccccc2/C1=N\Nc1ccccc1. The second-order valence-corrected chi connectivity index (χ2v) is 8.19. The van der Waals surface area contributed by atoms with Gasteiger partial charge in [0.1, 0.15) is 5.71 Å². The van der Waals surface area contributed by atoms with Crippen LogP contribution in [0.25, 0.3) is 0 Å². The highest BCUT2D eigenvalue weighted by atomic mass is 32.2. The van der Waals surface area contributed by atoms with Crippen LogP contribution in [-0.2, 0) is 9.53 Å². The Kier molecular flexibility index (Phi) is 7.16. The van der Waals surface area contributed by atoms with Gasteiger partial charge in [0.2, 0.25) is 5.78 Å². The lowest BCUT2D eigenvalue weighted by Gasteiger charge is -2.26. The van der Waals surface area contributed by atoms with Gasteiger partial charge in [-0.3, -0.25) is 20.4 Å². The number of nitrogens with zero attached hydrogens (tertiary/aromatic N) is 2. The number of hydrogen-bond donors (Lipinski definition) is 2. The number of nitrogens with one attached hydrogen (secondary N) is 2. The highest BCUT2D eigenvalue weighted by molar-refractivity contribution is 8.02. The maximum Gasteiger partial charge on any atom is 0.315 e. The van der Waals surface area contributed by atoms with Crippen molar-refractivity contribution in [3.63, 3.8) is 0 Å². The molecule has 7 nitrogen and oxygen atoms in total. The number of anilines is 2. The Labute approximate surface area is 195 Å². The number of carbonyl (C=O) groups excluding carboxylic acids is 2. The van der Waals surface area contributed by atoms with E-state index in [-0.39, 0.29) is 17.2 Å². The van der Waals surface area contributed by atoms with Crippen molar-refractivity contribution in [2.45, 2.75) is 5.25 Å². The molecule has 33 heavy (non-hydrogen) atoms. The van der Waals surface area contributed by atoms with Gasteiger partial charge in [0.05, 0.1) is 35.2 Å². The lowest BCUT2D eigenvalue weighted by atomic mass is 9.87. The zero-order valence-corrected chi connectivity index (χ0v) is 18.7. The van der Waals surface area contributed by atoms with Gasteiger partial charge in [-0.05, 0) is 24.3 Å². The number of ether oxygens (including phenoxy) is 1. The normalized spacial score (nSPS) is 17.5. The quantitative estimate of drug-likeness (QED) is 0.402. The van der Waals surface area contributed by atoms with Gasteiger partial charge < -0.3 is 4.74 Å². The molecule has 0 unspecified atom stereocenters. The van der Waals surface area contributed by atoms with Gasteiger partial charge >= 0.3 is 5.97 Å². The number of para-hydroxylation sites is 2. The second kappa shape index (κ2) is 10.6. The Hall–Kier alpha value is -3.91. The van der Waals surface area contributed by atoms with Gasteiger partial charge in [-0.2, -0.15) is 10.2 Å². The van der Waals surface area contributed by atoms with Crippen LogP contribution in [0.15, 0.2) is 95.1 Å². The molecule has 2 N–H and O–H groups in total. The van der Waals surface area contributed by atoms with E-state index < -0.39 is 11.2 Å². The molecule has 1 atom stereocenters. The highest BCUT2D eigenvalue weighted by Gasteiger charge is 2.38. The van der Waals surface area contributed by atoms with Crippen molar-refractivity contribution in [1.29, 1.82) is 0 Å². The third-order valence-electron chi connectivity index (χ3n) is 4.93. The predicted molar refractivity (Wildman–Crippen MR) is 133 cm³/mol. The maximum atomic E-state index is 13.4. The Morgan fingerprint density at radius 2 is 1.33 bits per heavy atom. The number of hydrazone groups is 2. The second-order valence-electron chi connectivity index (χ2n) is 7.09. The van der Waals surface area contributed by atoms with Gasteiger partial charge in [0, 0.05) is 11.1 Å². The van der Waals surface area contributed by atoms with Gasteiger partial charge in [-0.15, -0.1) is 11.8 Å². The summed E-state index contributed by atoms with van der Waals surface area (Å²) in [6.07, 6.45) is 0. The third kappa shape index (κ3) is 5.30. The summed E-state index contributed by atoms with van der Waals surface area (Å²) in [4.78, 5) is 25.3. The Morgan fingerprint density at radius 1 is 0.818 bits per heavy atom. The Balaban J connectivity index is 1.77. The standard InChI is InChI=1S/C25H22N4O3S/c1-32-21(30)16-33-25-22(28-26-17-10-4-2-5-11-17)19-14-8-9-15-20(19)24(31)23(25)29-27-18-12-6-3-7-13-18/h2-15,25-27H,16H2,1H3/b28-22+,29-23-/t25-/m1/s1. The number of fused-ring (bicyclic) bond motifs is 1. The summed E-state index contributed by atoms with van der Waals surface area (Å²) in [5, 5.41) is 8.53. The zero-order valence-electron chi connectivity index (χ0n) is 17.9. The number of carbonyl (C=O) groups is 2. The number of hydrogen-bond acceptors (Lipinski definition) is 8. The summed E-state index contributed by atoms with van der Waals surface area (Å²) < 4.78 is 4.81. The fraction of sp³-hybridized carbons (Fsp3) is 0.120. The van der Waals surface area contributed by atoms with Crippen molar-refractivity contribution in [2.24, 2.45) is 10.2 Å². The lowest BCUT2D eigenvalue weighted by Crippen LogP contribution is -2.41. The summed E-state index contributed by atoms with van der Waals surface area (Å²) in [6.45, 7) is 0. The van der Waals surface area contributed by atoms with Crippen LogP contribution in [0.1, 0.15) is 15.9 Å². The molecule has 1 aliphatic carbocycles. The molecule has 4 rings (SSSR count). The molecule has 0 saturated heterocycles. The number of Topliss-reactive ketones (excluding diaryl/α,β-unsaturated/α-hetero) is 1. The molecule has 0 amide bonds. The first-order valence-corrected chi connectivity index (χ1v) is 11.3. The van der Waals surface area contributed by atoms with E-state index in [0.717, 1.165) is 11.4 Å². The van der Waals surface area contributed by atoms with E-state index in [1.54, 1.807) is 6.07 Å². The van der Waals surface area contributed by atoms with Gasteiger partial charge in [-0.1, -0.05) is 60.7 Å². The van der Waals surface area contributed by atoms with Crippen LogP contribution in [0.2, 0.25) is 0 Å². The average molecular weight is 459 g/mol. The fourth-order valence-electron chi connectivity index (χ4n) is 3.30. The minimum Gasteiger partial charge on any atom is -0.468 e. The van der Waals surface area contributed by atoms with Crippen LogP contribution in [0.3, 0.4) is 0 Å². The topological polar surface area (TPSA) is 92.1 Å². The molecule has 3 aromatic rings. The summed E-state index contributed by atoms with van der Waals surface area (Å²) in [5.41, 5.74) is 9.66. The monoisotopic (exact) mass is 458 g/mol. The number of thioether (sulfide) groups is 1. The summed E-state index contributed by atoms with van der Waals surface area (Å²) >= 11 is 1.25. The molecule has 3 aromatic carbocycles. The first-order chi connectivity index (χ1) is 16.2. The molecule has 0 fully saturated rings. The zero-order chi connectivity index (χ0) is 23.0. The smallest absolute Gasteiger partial charge is 0.315 e. The fourth-order valence-corrected chi connectivity index (χ4v) is 4.38. The predicted octanol–water partition coefficient (Wildman–Crippen LogP) is 4.44. The molecule has 0 heterocycles. The number of benzene rings is 3. The van der Waals surface area contributed by atoms with E-state index in [1.807, 2.05) is 78.9 Å². The summed E-state index contributed by atoms with van der Waals surface area (Å²) in [6, 6.07) is 26.2. The number of methoxy groups -OCH3 is 1. The number of ketones is 1. The van der Waals surface area contributed by atoms with Crippen LogP contribution < -0.4 is 10.9 Å². The van der Waals surface area contributed by atoms with Crippen molar-refractivity contribution in [3.8, 4) is 0 Å².